The van der Waals surface area contributed by atoms with E-state index in [-0.39, 0.29) is 23.0 Å². The third kappa shape index (κ3) is 3.37. The quantitative estimate of drug-likeness (QED) is 0.452. The van der Waals surface area contributed by atoms with Gasteiger partial charge in [0, 0.05) is 6.20 Å². The Balaban J connectivity index is 2.82. The number of hydrogen-bond donors (Lipinski definition) is 0. The van der Waals surface area contributed by atoms with Crippen LogP contribution in [-0.2, 0) is 0 Å². The second kappa shape index (κ2) is 8.43. The van der Waals surface area contributed by atoms with Crippen LogP contribution in [0, 0.1) is 10.5 Å². The van der Waals surface area contributed by atoms with E-state index in [9.17, 15) is 4.79 Å². The maximum Gasteiger partial charge on any atom is 0.228 e. The standard InChI is InChI=1S/C18H20INO6/c1-9-7-11(22-2)16(24-4)17(25-5)12(9)14(21)13-15(23-3)10(19)8-20-18(13)26-6/h7-8H,1-6H3. The van der Waals surface area contributed by atoms with Crippen LogP contribution in [0.2, 0.25) is 0 Å². The molecule has 7 nitrogen and oxygen atoms in total. The first-order chi connectivity index (χ1) is 12.4. The van der Waals surface area contributed by atoms with Crippen molar-refractivity contribution in [3.05, 3.63) is 32.5 Å². The number of carbonyl (C=O) groups is 1. The van der Waals surface area contributed by atoms with Crippen molar-refractivity contribution in [2.75, 3.05) is 35.5 Å². The summed E-state index contributed by atoms with van der Waals surface area (Å²) in [5.74, 6) is 1.29. The number of pyridine rings is 1. The zero-order chi connectivity index (χ0) is 19.4. The van der Waals surface area contributed by atoms with Crippen molar-refractivity contribution >= 4 is 28.4 Å². The van der Waals surface area contributed by atoms with Gasteiger partial charge in [0.2, 0.25) is 17.4 Å². The van der Waals surface area contributed by atoms with Crippen LogP contribution in [0.25, 0.3) is 0 Å². The molecule has 1 aromatic carbocycles. The number of rotatable bonds is 7. The number of aryl methyl sites for hydroxylation is 1. The lowest BCUT2D eigenvalue weighted by Gasteiger charge is -2.19. The lowest BCUT2D eigenvalue weighted by Crippen LogP contribution is -2.13. The monoisotopic (exact) mass is 473 g/mol. The van der Waals surface area contributed by atoms with Crippen molar-refractivity contribution in [3.63, 3.8) is 0 Å². The van der Waals surface area contributed by atoms with Gasteiger partial charge in [-0.25, -0.2) is 4.98 Å². The number of methoxy groups -OCH3 is 5. The van der Waals surface area contributed by atoms with Crippen molar-refractivity contribution in [2.24, 2.45) is 0 Å². The Labute approximate surface area is 165 Å². The molecule has 0 fully saturated rings. The minimum Gasteiger partial charge on any atom is -0.495 e. The van der Waals surface area contributed by atoms with Crippen LogP contribution in [-0.4, -0.2) is 46.3 Å². The van der Waals surface area contributed by atoms with Crippen LogP contribution in [0.4, 0.5) is 0 Å². The predicted molar refractivity (Wildman–Crippen MR) is 104 cm³/mol. The second-order valence-corrected chi connectivity index (χ2v) is 6.35. The summed E-state index contributed by atoms with van der Waals surface area (Å²) in [5, 5.41) is 0. The molecule has 0 spiro atoms. The minimum atomic E-state index is -0.347. The normalized spacial score (nSPS) is 10.3. The van der Waals surface area contributed by atoms with Gasteiger partial charge in [0.05, 0.1) is 44.7 Å². The van der Waals surface area contributed by atoms with Crippen LogP contribution in [0.5, 0.6) is 28.9 Å². The van der Waals surface area contributed by atoms with Crippen molar-refractivity contribution in [2.45, 2.75) is 6.92 Å². The van der Waals surface area contributed by atoms with Gasteiger partial charge in [-0.2, -0.15) is 0 Å². The first-order valence-electron chi connectivity index (χ1n) is 7.55. The van der Waals surface area contributed by atoms with Crippen molar-refractivity contribution in [1.82, 2.24) is 4.98 Å². The predicted octanol–water partition coefficient (Wildman–Crippen LogP) is 3.27. The van der Waals surface area contributed by atoms with E-state index in [0.717, 1.165) is 0 Å². The molecule has 1 heterocycles. The fourth-order valence-corrected chi connectivity index (χ4v) is 3.32. The van der Waals surface area contributed by atoms with Gasteiger partial charge < -0.3 is 23.7 Å². The molecule has 0 bridgehead atoms. The van der Waals surface area contributed by atoms with E-state index in [1.807, 2.05) is 0 Å². The summed E-state index contributed by atoms with van der Waals surface area (Å²) in [6.07, 6.45) is 1.58. The molecular weight excluding hydrogens is 453 g/mol. The summed E-state index contributed by atoms with van der Waals surface area (Å²) in [5.41, 5.74) is 1.20. The SMILES string of the molecule is COc1cc(C)c(C(=O)c2c(OC)ncc(I)c2OC)c(OC)c1OC. The van der Waals surface area contributed by atoms with E-state index in [4.69, 9.17) is 23.7 Å². The number of nitrogens with zero attached hydrogens (tertiary/aromatic N) is 1. The fourth-order valence-electron chi connectivity index (χ4n) is 2.70. The van der Waals surface area contributed by atoms with Crippen molar-refractivity contribution < 1.29 is 28.5 Å². The number of ether oxygens (including phenoxy) is 5. The molecule has 0 saturated heterocycles. The van der Waals surface area contributed by atoms with Gasteiger partial charge in [0.15, 0.2) is 11.5 Å². The minimum absolute atomic E-state index is 0.170. The fraction of sp³-hybridized carbons (Fsp3) is 0.333. The van der Waals surface area contributed by atoms with E-state index in [0.29, 0.717) is 31.9 Å². The number of benzene rings is 1. The number of halogens is 1. The molecule has 26 heavy (non-hydrogen) atoms. The number of hydrogen-bond acceptors (Lipinski definition) is 7. The Morgan fingerprint density at radius 1 is 0.885 bits per heavy atom. The van der Waals surface area contributed by atoms with E-state index >= 15 is 0 Å². The average molecular weight is 473 g/mol. The summed E-state index contributed by atoms with van der Waals surface area (Å²) in [6.45, 7) is 1.79. The van der Waals surface area contributed by atoms with Crippen LogP contribution < -0.4 is 23.7 Å². The third-order valence-electron chi connectivity index (χ3n) is 3.83. The van der Waals surface area contributed by atoms with Gasteiger partial charge in [0.25, 0.3) is 0 Å². The van der Waals surface area contributed by atoms with Gasteiger partial charge in [-0.05, 0) is 41.1 Å². The molecule has 2 aromatic rings. The lowest BCUT2D eigenvalue weighted by atomic mass is 9.97. The topological polar surface area (TPSA) is 76.1 Å². The Hall–Kier alpha value is -2.23. The van der Waals surface area contributed by atoms with Crippen molar-refractivity contribution in [3.8, 4) is 28.9 Å². The van der Waals surface area contributed by atoms with Crippen molar-refractivity contribution in [1.29, 1.82) is 0 Å². The first kappa shape index (κ1) is 20.1. The number of carbonyl (C=O) groups excluding carboxylic acids is 1. The maximum absolute atomic E-state index is 13.4. The zero-order valence-electron chi connectivity index (χ0n) is 15.4. The molecule has 0 N–H and O–H groups in total. The molecule has 0 aliphatic carbocycles. The molecule has 8 heteroatoms. The Morgan fingerprint density at radius 3 is 2.00 bits per heavy atom. The smallest absolute Gasteiger partial charge is 0.228 e. The highest BCUT2D eigenvalue weighted by Gasteiger charge is 2.30. The maximum atomic E-state index is 13.4. The average Bonchev–Trinajstić information content (AvgIpc) is 2.65. The lowest BCUT2D eigenvalue weighted by molar-refractivity contribution is 0.102. The van der Waals surface area contributed by atoms with Crippen LogP contribution >= 0.6 is 22.6 Å². The highest BCUT2D eigenvalue weighted by Crippen LogP contribution is 2.44. The summed E-state index contributed by atoms with van der Waals surface area (Å²) in [4.78, 5) is 17.6. The molecule has 0 aliphatic rings. The Bertz CT molecular complexity index is 837. The zero-order valence-corrected chi connectivity index (χ0v) is 17.6. The van der Waals surface area contributed by atoms with Gasteiger partial charge >= 0.3 is 0 Å². The van der Waals surface area contributed by atoms with Gasteiger partial charge in [-0.1, -0.05) is 0 Å². The van der Waals surface area contributed by atoms with Gasteiger partial charge in [0.1, 0.15) is 11.3 Å². The van der Waals surface area contributed by atoms with Gasteiger partial charge in [-0.15, -0.1) is 0 Å². The number of ketones is 1. The molecule has 1 aromatic heterocycles. The van der Waals surface area contributed by atoms with Crippen LogP contribution in [0.1, 0.15) is 21.5 Å². The van der Waals surface area contributed by atoms with E-state index < -0.39 is 0 Å². The molecule has 0 saturated carbocycles. The van der Waals surface area contributed by atoms with E-state index in [2.05, 4.69) is 27.6 Å². The van der Waals surface area contributed by atoms with Gasteiger partial charge in [-0.3, -0.25) is 4.79 Å². The number of aromatic nitrogens is 1. The summed E-state index contributed by atoms with van der Waals surface area (Å²) in [6, 6.07) is 1.72. The Morgan fingerprint density at radius 2 is 1.50 bits per heavy atom. The second-order valence-electron chi connectivity index (χ2n) is 5.19. The van der Waals surface area contributed by atoms with E-state index in [1.165, 1.54) is 35.5 Å². The third-order valence-corrected chi connectivity index (χ3v) is 4.60. The molecular formula is C18H20INO6. The molecule has 0 unspecified atom stereocenters. The Kier molecular flexibility index (Phi) is 6.52. The molecule has 140 valence electrons. The molecule has 0 radical (unpaired) electrons. The largest absolute Gasteiger partial charge is 0.495 e. The first-order valence-corrected chi connectivity index (χ1v) is 8.63. The highest BCUT2D eigenvalue weighted by molar-refractivity contribution is 14.1. The van der Waals surface area contributed by atoms with Crippen LogP contribution in [0.15, 0.2) is 12.3 Å². The summed E-state index contributed by atoms with van der Waals surface area (Å²) < 4.78 is 27.6. The van der Waals surface area contributed by atoms with E-state index in [1.54, 1.807) is 19.2 Å². The summed E-state index contributed by atoms with van der Waals surface area (Å²) in [7, 11) is 7.41. The molecule has 0 amide bonds. The molecule has 0 aliphatic heterocycles. The van der Waals surface area contributed by atoms with Crippen LogP contribution in [0.3, 0.4) is 0 Å². The molecule has 0 atom stereocenters. The summed E-state index contributed by atoms with van der Waals surface area (Å²) >= 11 is 2.05. The highest BCUT2D eigenvalue weighted by atomic mass is 127. The molecule has 2 rings (SSSR count).